The number of fused-ring (bicyclic) bond motifs is 1. The molecule has 2 aromatic rings. The molecule has 1 saturated heterocycles. The number of aryl methyl sites for hydroxylation is 1. The number of carbonyl (C=O) groups excluding carboxylic acids is 1. The number of benzene rings is 1. The van der Waals surface area contributed by atoms with Crippen molar-refractivity contribution in [1.82, 2.24) is 14.9 Å². The summed E-state index contributed by atoms with van der Waals surface area (Å²) >= 11 is 6.19. The van der Waals surface area contributed by atoms with Gasteiger partial charge in [0.1, 0.15) is 11.6 Å². The number of ether oxygens (including phenoxy) is 1. The maximum Gasteiger partial charge on any atom is 0.270 e. The normalized spacial score (nSPS) is 21.0. The molecule has 1 aromatic carbocycles. The third-order valence-electron chi connectivity index (χ3n) is 5.55. The SMILES string of the molecule is Cc1nc2c(c(N3CC(C)OC(C)C3)n1)CN(C(=O)c1ccc([N+](=O)[O-])cc1Cl)CC2. The number of anilines is 1. The molecule has 2 unspecified atom stereocenters. The fourth-order valence-corrected chi connectivity index (χ4v) is 4.52. The van der Waals surface area contributed by atoms with E-state index in [1.807, 2.05) is 20.8 Å². The van der Waals surface area contributed by atoms with Crippen LogP contribution >= 0.6 is 11.6 Å². The number of non-ortho nitro benzene ring substituents is 1. The van der Waals surface area contributed by atoms with Crippen molar-refractivity contribution in [2.45, 2.75) is 45.9 Å². The van der Waals surface area contributed by atoms with Gasteiger partial charge in [-0.15, -0.1) is 0 Å². The monoisotopic (exact) mass is 445 g/mol. The number of nitro groups is 1. The van der Waals surface area contributed by atoms with Crippen LogP contribution in [0.3, 0.4) is 0 Å². The molecular formula is C21H24ClN5O4. The minimum Gasteiger partial charge on any atom is -0.372 e. The lowest BCUT2D eigenvalue weighted by Crippen LogP contribution is -2.47. The minimum atomic E-state index is -0.534. The van der Waals surface area contributed by atoms with Crippen LogP contribution in [0.5, 0.6) is 0 Å². The minimum absolute atomic E-state index is 0.0706. The van der Waals surface area contributed by atoms with Crippen molar-refractivity contribution >= 4 is 29.0 Å². The molecular weight excluding hydrogens is 422 g/mol. The molecule has 0 saturated carbocycles. The molecule has 1 fully saturated rings. The zero-order chi connectivity index (χ0) is 22.3. The highest BCUT2D eigenvalue weighted by Crippen LogP contribution is 2.31. The smallest absolute Gasteiger partial charge is 0.270 e. The Morgan fingerprint density at radius 1 is 1.26 bits per heavy atom. The number of rotatable bonds is 3. The number of morpholine rings is 1. The van der Waals surface area contributed by atoms with Crippen LogP contribution in [0, 0.1) is 17.0 Å². The third kappa shape index (κ3) is 4.33. The van der Waals surface area contributed by atoms with Gasteiger partial charge in [-0.2, -0.15) is 0 Å². The summed E-state index contributed by atoms with van der Waals surface area (Å²) < 4.78 is 5.86. The zero-order valence-electron chi connectivity index (χ0n) is 17.7. The third-order valence-corrected chi connectivity index (χ3v) is 5.86. The fraction of sp³-hybridized carbons (Fsp3) is 0.476. The Kier molecular flexibility index (Phi) is 5.81. The standard InChI is InChI=1S/C21H24ClN5O4/c1-12-9-26(10-13(2)31-12)20-17-11-25(7-6-19(17)23-14(3)24-20)21(28)16-5-4-15(27(29)30)8-18(16)22/h4-5,8,12-13H,6-7,9-11H2,1-3H3. The summed E-state index contributed by atoms with van der Waals surface area (Å²) in [5, 5.41) is 11.0. The van der Waals surface area contributed by atoms with E-state index >= 15 is 0 Å². The molecule has 3 heterocycles. The van der Waals surface area contributed by atoms with Gasteiger partial charge in [-0.25, -0.2) is 9.97 Å². The van der Waals surface area contributed by atoms with Crippen LogP contribution < -0.4 is 4.90 Å². The second-order valence-corrected chi connectivity index (χ2v) is 8.49. The van der Waals surface area contributed by atoms with E-state index in [1.54, 1.807) is 4.90 Å². The predicted molar refractivity (Wildman–Crippen MR) is 116 cm³/mol. The molecule has 164 valence electrons. The number of nitro benzene ring substituents is 1. The van der Waals surface area contributed by atoms with Crippen LogP contribution in [-0.4, -0.2) is 57.5 Å². The average molecular weight is 446 g/mol. The van der Waals surface area contributed by atoms with Gasteiger partial charge in [0, 0.05) is 43.8 Å². The molecule has 2 aliphatic rings. The van der Waals surface area contributed by atoms with E-state index in [0.29, 0.717) is 25.3 Å². The van der Waals surface area contributed by atoms with E-state index in [9.17, 15) is 14.9 Å². The quantitative estimate of drug-likeness (QED) is 0.528. The van der Waals surface area contributed by atoms with E-state index in [1.165, 1.54) is 18.2 Å². The highest BCUT2D eigenvalue weighted by Gasteiger charge is 2.31. The van der Waals surface area contributed by atoms with Gasteiger partial charge in [-0.3, -0.25) is 14.9 Å². The van der Waals surface area contributed by atoms with Crippen molar-refractivity contribution in [2.75, 3.05) is 24.5 Å². The number of halogens is 1. The number of hydrogen-bond acceptors (Lipinski definition) is 7. The molecule has 0 aliphatic carbocycles. The molecule has 0 bridgehead atoms. The predicted octanol–water partition coefficient (Wildman–Crippen LogP) is 3.16. The topological polar surface area (TPSA) is 102 Å². The summed E-state index contributed by atoms with van der Waals surface area (Å²) in [5.41, 5.74) is 1.99. The second-order valence-electron chi connectivity index (χ2n) is 8.08. The lowest BCUT2D eigenvalue weighted by molar-refractivity contribution is -0.384. The van der Waals surface area contributed by atoms with Gasteiger partial charge in [0.25, 0.3) is 11.6 Å². The second kappa shape index (κ2) is 8.39. The van der Waals surface area contributed by atoms with Crippen molar-refractivity contribution in [3.8, 4) is 0 Å². The fourth-order valence-electron chi connectivity index (χ4n) is 4.26. The molecule has 31 heavy (non-hydrogen) atoms. The van der Waals surface area contributed by atoms with Gasteiger partial charge in [0.15, 0.2) is 0 Å². The Labute approximate surface area is 185 Å². The van der Waals surface area contributed by atoms with Gasteiger partial charge < -0.3 is 14.5 Å². The molecule has 4 rings (SSSR count). The maximum atomic E-state index is 13.2. The first-order valence-electron chi connectivity index (χ1n) is 10.2. The molecule has 0 spiro atoms. The van der Waals surface area contributed by atoms with Crippen molar-refractivity contribution < 1.29 is 14.5 Å². The molecule has 0 N–H and O–H groups in total. The van der Waals surface area contributed by atoms with Gasteiger partial charge in [-0.05, 0) is 26.8 Å². The summed E-state index contributed by atoms with van der Waals surface area (Å²) in [5.74, 6) is 1.29. The van der Waals surface area contributed by atoms with Crippen LogP contribution in [0.1, 0.15) is 41.3 Å². The Morgan fingerprint density at radius 2 is 1.97 bits per heavy atom. The van der Waals surface area contributed by atoms with Crippen LogP contribution in [0.4, 0.5) is 11.5 Å². The molecule has 2 atom stereocenters. The molecule has 9 nitrogen and oxygen atoms in total. The largest absolute Gasteiger partial charge is 0.372 e. The van der Waals surface area contributed by atoms with Crippen LogP contribution in [0.2, 0.25) is 5.02 Å². The number of nitrogens with zero attached hydrogens (tertiary/aromatic N) is 5. The number of amides is 1. The summed E-state index contributed by atoms with van der Waals surface area (Å²) in [6.45, 7) is 8.24. The maximum absolute atomic E-state index is 13.2. The Hall–Kier alpha value is -2.78. The van der Waals surface area contributed by atoms with E-state index in [0.717, 1.165) is 30.2 Å². The molecule has 10 heteroatoms. The molecule has 1 amide bonds. The lowest BCUT2D eigenvalue weighted by Gasteiger charge is -2.38. The summed E-state index contributed by atoms with van der Waals surface area (Å²) in [6, 6.07) is 3.92. The zero-order valence-corrected chi connectivity index (χ0v) is 18.4. The van der Waals surface area contributed by atoms with Crippen LogP contribution in [0.25, 0.3) is 0 Å². The van der Waals surface area contributed by atoms with Crippen molar-refractivity contribution in [1.29, 1.82) is 0 Å². The number of hydrogen-bond donors (Lipinski definition) is 0. The molecule has 0 radical (unpaired) electrons. The van der Waals surface area contributed by atoms with Gasteiger partial charge >= 0.3 is 0 Å². The first kappa shape index (κ1) is 21.5. The summed E-state index contributed by atoms with van der Waals surface area (Å²) in [4.78, 5) is 36.8. The average Bonchev–Trinajstić information content (AvgIpc) is 2.71. The first-order chi connectivity index (χ1) is 14.7. The molecule has 2 aliphatic heterocycles. The first-order valence-corrected chi connectivity index (χ1v) is 10.6. The van der Waals surface area contributed by atoms with Crippen LogP contribution in [-0.2, 0) is 17.7 Å². The Morgan fingerprint density at radius 3 is 2.61 bits per heavy atom. The van der Waals surface area contributed by atoms with Crippen molar-refractivity contribution in [2.24, 2.45) is 0 Å². The lowest BCUT2D eigenvalue weighted by atomic mass is 10.0. The van der Waals surface area contributed by atoms with Crippen LogP contribution in [0.15, 0.2) is 18.2 Å². The van der Waals surface area contributed by atoms with E-state index in [4.69, 9.17) is 21.3 Å². The highest BCUT2D eigenvalue weighted by molar-refractivity contribution is 6.34. The summed E-state index contributed by atoms with van der Waals surface area (Å²) in [6.07, 6.45) is 0.766. The molecule has 1 aromatic heterocycles. The highest BCUT2D eigenvalue weighted by atomic mass is 35.5. The van der Waals surface area contributed by atoms with E-state index in [-0.39, 0.29) is 34.4 Å². The van der Waals surface area contributed by atoms with Gasteiger partial charge in [0.2, 0.25) is 0 Å². The van der Waals surface area contributed by atoms with Gasteiger partial charge in [0.05, 0.1) is 40.0 Å². The number of carbonyl (C=O) groups is 1. The van der Waals surface area contributed by atoms with Crippen molar-refractivity contribution in [3.63, 3.8) is 0 Å². The summed E-state index contributed by atoms with van der Waals surface area (Å²) in [7, 11) is 0. The van der Waals surface area contributed by atoms with E-state index < -0.39 is 4.92 Å². The Balaban J connectivity index is 1.63. The Bertz CT molecular complexity index is 1040. The van der Waals surface area contributed by atoms with Crippen molar-refractivity contribution in [3.05, 3.63) is 56.0 Å². The number of aromatic nitrogens is 2. The van der Waals surface area contributed by atoms with E-state index in [2.05, 4.69) is 9.88 Å². The van der Waals surface area contributed by atoms with Gasteiger partial charge in [-0.1, -0.05) is 11.6 Å².